The summed E-state index contributed by atoms with van der Waals surface area (Å²) < 4.78 is 11.7. The Morgan fingerprint density at radius 1 is 0.606 bits per heavy atom. The topological polar surface area (TPSA) is 18.5 Å². The summed E-state index contributed by atoms with van der Waals surface area (Å²) in [5.74, 6) is 1.79. The van der Waals surface area contributed by atoms with Crippen molar-refractivity contribution >= 4 is 0 Å². The lowest BCUT2D eigenvalue weighted by Crippen LogP contribution is -2.18. The Hall–Kier alpha value is -3.00. The second kappa shape index (κ2) is 14.9. The van der Waals surface area contributed by atoms with E-state index in [2.05, 4.69) is 99.8 Å². The van der Waals surface area contributed by atoms with Gasteiger partial charge in [0.15, 0.2) is 0 Å². The van der Waals surface area contributed by atoms with E-state index in [0.717, 1.165) is 50.0 Å². The SMILES string of the molecule is C=CCCC/C=C/COc1ccc(C(C)(C)c2ccc(OC/C=C/CCCC=C)cc2)cc1. The molecule has 0 aliphatic carbocycles. The molecular formula is C31H40O2. The number of hydrogen-bond acceptors (Lipinski definition) is 2. The quantitative estimate of drug-likeness (QED) is 0.191. The Morgan fingerprint density at radius 3 is 1.36 bits per heavy atom. The summed E-state index contributed by atoms with van der Waals surface area (Å²) in [6, 6.07) is 16.9. The van der Waals surface area contributed by atoms with Crippen molar-refractivity contribution in [3.05, 3.63) is 109 Å². The normalized spacial score (nSPS) is 11.7. The molecule has 0 amide bonds. The van der Waals surface area contributed by atoms with Crippen LogP contribution in [0.4, 0.5) is 0 Å². The maximum atomic E-state index is 5.84. The van der Waals surface area contributed by atoms with Gasteiger partial charge in [0.25, 0.3) is 0 Å². The van der Waals surface area contributed by atoms with E-state index in [1.54, 1.807) is 0 Å². The summed E-state index contributed by atoms with van der Waals surface area (Å²) in [5.41, 5.74) is 2.41. The zero-order valence-corrected chi connectivity index (χ0v) is 20.5. The average Bonchev–Trinajstić information content (AvgIpc) is 2.83. The molecule has 176 valence electrons. The fraction of sp³-hybridized carbons (Fsp3) is 0.355. The molecule has 0 bridgehead atoms. The van der Waals surface area contributed by atoms with Crippen molar-refractivity contribution in [2.75, 3.05) is 13.2 Å². The van der Waals surface area contributed by atoms with E-state index < -0.39 is 0 Å². The molecule has 0 radical (unpaired) electrons. The van der Waals surface area contributed by atoms with Crippen LogP contribution in [0.2, 0.25) is 0 Å². The number of ether oxygens (including phenoxy) is 2. The lowest BCUT2D eigenvalue weighted by molar-refractivity contribution is 0.362. The Labute approximate surface area is 201 Å². The maximum Gasteiger partial charge on any atom is 0.119 e. The number of unbranched alkanes of at least 4 members (excludes halogenated alkanes) is 4. The van der Waals surface area contributed by atoms with Gasteiger partial charge in [0, 0.05) is 5.41 Å². The number of hydrogen-bond donors (Lipinski definition) is 0. The molecule has 2 rings (SSSR count). The van der Waals surface area contributed by atoms with Crippen molar-refractivity contribution in [1.29, 1.82) is 0 Å². The van der Waals surface area contributed by atoms with Crippen LogP contribution in [-0.2, 0) is 5.41 Å². The van der Waals surface area contributed by atoms with E-state index in [4.69, 9.17) is 9.47 Å². The van der Waals surface area contributed by atoms with Crippen LogP contribution in [-0.4, -0.2) is 13.2 Å². The molecular weight excluding hydrogens is 404 g/mol. The van der Waals surface area contributed by atoms with Crippen molar-refractivity contribution in [2.45, 2.75) is 57.8 Å². The van der Waals surface area contributed by atoms with Crippen molar-refractivity contribution < 1.29 is 9.47 Å². The predicted molar refractivity (Wildman–Crippen MR) is 142 cm³/mol. The molecule has 0 spiro atoms. The molecule has 0 aliphatic rings. The van der Waals surface area contributed by atoms with Crippen LogP contribution in [0.1, 0.15) is 63.5 Å². The third kappa shape index (κ3) is 9.57. The van der Waals surface area contributed by atoms with Crippen molar-refractivity contribution in [1.82, 2.24) is 0 Å². The van der Waals surface area contributed by atoms with Crippen molar-refractivity contribution in [3.8, 4) is 11.5 Å². The van der Waals surface area contributed by atoms with Gasteiger partial charge >= 0.3 is 0 Å². The van der Waals surface area contributed by atoms with Crippen LogP contribution < -0.4 is 9.47 Å². The molecule has 0 fully saturated rings. The van der Waals surface area contributed by atoms with Crippen LogP contribution >= 0.6 is 0 Å². The Morgan fingerprint density at radius 2 is 1.00 bits per heavy atom. The third-order valence-electron chi connectivity index (χ3n) is 5.74. The van der Waals surface area contributed by atoms with Crippen LogP contribution in [0.3, 0.4) is 0 Å². The highest BCUT2D eigenvalue weighted by Crippen LogP contribution is 2.33. The fourth-order valence-corrected chi connectivity index (χ4v) is 3.52. The summed E-state index contributed by atoms with van der Waals surface area (Å²) in [4.78, 5) is 0. The van der Waals surface area contributed by atoms with E-state index in [9.17, 15) is 0 Å². The van der Waals surface area contributed by atoms with Gasteiger partial charge in [0.1, 0.15) is 24.7 Å². The van der Waals surface area contributed by atoms with Crippen LogP contribution in [0, 0.1) is 0 Å². The van der Waals surface area contributed by atoms with Gasteiger partial charge in [-0.15, -0.1) is 13.2 Å². The monoisotopic (exact) mass is 444 g/mol. The first kappa shape index (κ1) is 26.3. The fourth-order valence-electron chi connectivity index (χ4n) is 3.52. The van der Waals surface area contributed by atoms with E-state index in [1.807, 2.05) is 12.2 Å². The van der Waals surface area contributed by atoms with E-state index >= 15 is 0 Å². The largest absolute Gasteiger partial charge is 0.490 e. The summed E-state index contributed by atoms with van der Waals surface area (Å²) in [6.45, 7) is 13.2. The predicted octanol–water partition coefficient (Wildman–Crippen LogP) is 8.60. The van der Waals surface area contributed by atoms with Gasteiger partial charge in [-0.05, 0) is 73.9 Å². The smallest absolute Gasteiger partial charge is 0.119 e. The summed E-state index contributed by atoms with van der Waals surface area (Å²) in [6.07, 6.45) is 19.0. The van der Waals surface area contributed by atoms with Gasteiger partial charge in [-0.2, -0.15) is 0 Å². The standard InChI is InChI=1S/C31H40O2/c1-5-7-9-11-13-15-25-32-29-21-17-27(18-22-29)31(3,4)28-19-23-30(24-20-28)33-26-16-14-12-10-8-6-2/h5-6,13-24H,1-2,7-12,25-26H2,3-4H3/b15-13+,16-14+. The molecule has 0 unspecified atom stereocenters. The average molecular weight is 445 g/mol. The molecule has 33 heavy (non-hydrogen) atoms. The third-order valence-corrected chi connectivity index (χ3v) is 5.74. The van der Waals surface area contributed by atoms with Crippen LogP contribution in [0.15, 0.2) is 98.1 Å². The van der Waals surface area contributed by atoms with Gasteiger partial charge in [0.2, 0.25) is 0 Å². The molecule has 0 atom stereocenters. The Bertz CT molecular complexity index is 797. The number of rotatable bonds is 16. The zero-order valence-electron chi connectivity index (χ0n) is 20.5. The summed E-state index contributed by atoms with van der Waals surface area (Å²) in [7, 11) is 0. The molecule has 0 aromatic heterocycles. The molecule has 0 aliphatic heterocycles. The molecule has 2 nitrogen and oxygen atoms in total. The van der Waals surface area contributed by atoms with E-state index in [0.29, 0.717) is 13.2 Å². The first-order valence-corrected chi connectivity index (χ1v) is 12.1. The highest BCUT2D eigenvalue weighted by atomic mass is 16.5. The Kier molecular flexibility index (Phi) is 11.9. The van der Waals surface area contributed by atoms with Crippen molar-refractivity contribution in [3.63, 3.8) is 0 Å². The number of benzene rings is 2. The molecule has 0 saturated heterocycles. The van der Waals surface area contributed by atoms with Crippen LogP contribution in [0.5, 0.6) is 11.5 Å². The minimum atomic E-state index is -0.104. The minimum absolute atomic E-state index is 0.104. The van der Waals surface area contributed by atoms with E-state index in [1.165, 1.54) is 11.1 Å². The number of allylic oxidation sites excluding steroid dienone is 4. The van der Waals surface area contributed by atoms with Gasteiger partial charge in [-0.1, -0.05) is 74.6 Å². The van der Waals surface area contributed by atoms with Gasteiger partial charge < -0.3 is 9.47 Å². The van der Waals surface area contributed by atoms with Gasteiger partial charge in [-0.3, -0.25) is 0 Å². The van der Waals surface area contributed by atoms with Gasteiger partial charge in [0.05, 0.1) is 0 Å². The highest BCUT2D eigenvalue weighted by molar-refractivity contribution is 5.41. The first-order chi connectivity index (χ1) is 16.1. The molecule has 0 saturated carbocycles. The summed E-state index contributed by atoms with van der Waals surface area (Å²) in [5, 5.41) is 0. The summed E-state index contributed by atoms with van der Waals surface area (Å²) >= 11 is 0. The maximum absolute atomic E-state index is 5.84. The molecule has 0 heterocycles. The van der Waals surface area contributed by atoms with Gasteiger partial charge in [-0.25, -0.2) is 0 Å². The minimum Gasteiger partial charge on any atom is -0.490 e. The lowest BCUT2D eigenvalue weighted by Gasteiger charge is -2.26. The second-order valence-corrected chi connectivity index (χ2v) is 8.68. The molecule has 0 N–H and O–H groups in total. The molecule has 2 aromatic rings. The van der Waals surface area contributed by atoms with Crippen LogP contribution in [0.25, 0.3) is 0 Å². The lowest BCUT2D eigenvalue weighted by atomic mass is 9.78. The second-order valence-electron chi connectivity index (χ2n) is 8.68. The zero-order chi connectivity index (χ0) is 23.8. The van der Waals surface area contributed by atoms with Crippen molar-refractivity contribution in [2.24, 2.45) is 0 Å². The van der Waals surface area contributed by atoms with E-state index in [-0.39, 0.29) is 5.41 Å². The highest BCUT2D eigenvalue weighted by Gasteiger charge is 2.23. The molecule has 2 aromatic carbocycles. The first-order valence-electron chi connectivity index (χ1n) is 12.1. The Balaban J connectivity index is 1.84. The molecule has 2 heteroatoms.